The zero-order chi connectivity index (χ0) is 30.3. The van der Waals surface area contributed by atoms with Crippen LogP contribution in [0, 0.1) is 17.2 Å². The standard InChI is InChI=1S/C30H28ClN7O3.CH4O/c1-2-37-19-33-11-24(37)15-38-27-8-20(17-39)3-5-26(27)35-29(38)16-36-13-21(14-36)7-25-12-34-30(41-25)18-40-28-6-4-23(31)9-22(28)10-32;1-2/h3-6,8-9,11-12,17,19,21H,2,7,13-16,18H2,1H3;2H,1H3. The van der Waals surface area contributed by atoms with E-state index in [4.69, 9.17) is 30.8 Å². The number of hydrogen-bond acceptors (Lipinski definition) is 9. The lowest BCUT2D eigenvalue weighted by Gasteiger charge is -2.38. The predicted molar refractivity (Wildman–Crippen MR) is 160 cm³/mol. The number of hydrogen-bond donors (Lipinski definition) is 1. The van der Waals surface area contributed by atoms with Crippen molar-refractivity contribution >= 4 is 28.9 Å². The lowest BCUT2D eigenvalue weighted by atomic mass is 9.95. The van der Waals surface area contributed by atoms with Crippen molar-refractivity contribution in [3.8, 4) is 11.8 Å². The van der Waals surface area contributed by atoms with Gasteiger partial charge in [0.2, 0.25) is 5.89 Å². The maximum Gasteiger partial charge on any atom is 0.232 e. The zero-order valence-corrected chi connectivity index (χ0v) is 24.7. The summed E-state index contributed by atoms with van der Waals surface area (Å²) < 4.78 is 16.0. The number of rotatable bonds is 11. The molecule has 0 bridgehead atoms. The fraction of sp³-hybridized carbons (Fsp3) is 0.323. The molecule has 0 radical (unpaired) electrons. The molecule has 0 amide bonds. The predicted octanol–water partition coefficient (Wildman–Crippen LogP) is 4.49. The van der Waals surface area contributed by atoms with E-state index >= 15 is 0 Å². The number of aldehydes is 1. The number of carbonyl (C=O) groups is 1. The van der Waals surface area contributed by atoms with Crippen LogP contribution in [-0.2, 0) is 32.7 Å². The molecule has 1 aliphatic rings. The van der Waals surface area contributed by atoms with Gasteiger partial charge in [-0.05, 0) is 49.2 Å². The summed E-state index contributed by atoms with van der Waals surface area (Å²) in [6.45, 7) is 6.23. The van der Waals surface area contributed by atoms with Gasteiger partial charge in [-0.3, -0.25) is 9.69 Å². The Hall–Kier alpha value is -4.50. The van der Waals surface area contributed by atoms with Gasteiger partial charge in [0.05, 0.1) is 47.9 Å². The molecule has 0 atom stereocenters. The van der Waals surface area contributed by atoms with Gasteiger partial charge in [0.25, 0.3) is 0 Å². The fourth-order valence-electron chi connectivity index (χ4n) is 5.27. The van der Waals surface area contributed by atoms with Gasteiger partial charge in [0.1, 0.15) is 29.7 Å². The first-order valence-corrected chi connectivity index (χ1v) is 14.3. The molecule has 1 saturated heterocycles. The summed E-state index contributed by atoms with van der Waals surface area (Å²) in [6.07, 6.45) is 7.12. The van der Waals surface area contributed by atoms with Crippen molar-refractivity contribution in [2.45, 2.75) is 39.6 Å². The third-order valence-electron chi connectivity index (χ3n) is 7.35. The van der Waals surface area contributed by atoms with Crippen LogP contribution in [0.5, 0.6) is 5.75 Å². The van der Waals surface area contributed by atoms with Gasteiger partial charge >= 0.3 is 0 Å². The second kappa shape index (κ2) is 13.6. The maximum absolute atomic E-state index is 11.5. The first kappa shape index (κ1) is 30.0. The molecule has 0 aliphatic carbocycles. The summed E-state index contributed by atoms with van der Waals surface area (Å²) in [7, 11) is 1.00. The number of aryl methyl sites for hydroxylation is 1. The van der Waals surface area contributed by atoms with Crippen LogP contribution in [-0.4, -0.2) is 60.6 Å². The molecule has 1 N–H and O–H groups in total. The largest absolute Gasteiger partial charge is 0.482 e. The van der Waals surface area contributed by atoms with Gasteiger partial charge < -0.3 is 23.4 Å². The molecule has 5 aromatic rings. The van der Waals surface area contributed by atoms with Gasteiger partial charge in [0.15, 0.2) is 6.61 Å². The quantitative estimate of drug-likeness (QED) is 0.217. The first-order chi connectivity index (χ1) is 21.0. The molecule has 1 aliphatic heterocycles. The number of benzene rings is 2. The number of nitrogens with zero attached hydrogens (tertiary/aromatic N) is 7. The second-order valence-corrected chi connectivity index (χ2v) is 10.6. The highest BCUT2D eigenvalue weighted by Gasteiger charge is 2.29. The molecule has 0 saturated carbocycles. The molecular formula is C31H32ClN7O4. The molecule has 43 heavy (non-hydrogen) atoms. The van der Waals surface area contributed by atoms with Crippen LogP contribution in [0.25, 0.3) is 11.0 Å². The number of fused-ring (bicyclic) bond motifs is 1. The first-order valence-electron chi connectivity index (χ1n) is 13.9. The molecule has 11 nitrogen and oxygen atoms in total. The van der Waals surface area contributed by atoms with E-state index in [1.165, 1.54) is 0 Å². The molecular weight excluding hydrogens is 570 g/mol. The molecule has 0 spiro atoms. The number of halogens is 1. The van der Waals surface area contributed by atoms with Gasteiger partial charge in [-0.25, -0.2) is 15.0 Å². The third kappa shape index (κ3) is 6.78. The summed E-state index contributed by atoms with van der Waals surface area (Å²) in [6, 6.07) is 12.6. The van der Waals surface area contributed by atoms with Crippen molar-refractivity contribution in [3.05, 3.63) is 94.4 Å². The normalized spacial score (nSPS) is 13.3. The van der Waals surface area contributed by atoms with Gasteiger partial charge in [-0.2, -0.15) is 5.26 Å². The van der Waals surface area contributed by atoms with Crippen LogP contribution in [0.15, 0.2) is 59.5 Å². The monoisotopic (exact) mass is 601 g/mol. The van der Waals surface area contributed by atoms with Crippen LogP contribution >= 0.6 is 11.6 Å². The number of aliphatic hydroxyl groups is 1. The van der Waals surface area contributed by atoms with E-state index in [0.29, 0.717) is 46.8 Å². The molecule has 6 rings (SSSR count). The summed E-state index contributed by atoms with van der Waals surface area (Å²) in [5, 5.41) is 16.8. The SMILES string of the molecule is CCn1cncc1Cn1c(CN2CC(Cc3cnc(COc4ccc(Cl)cc4C#N)o3)C2)nc2ccc(C=O)cc21.CO. The van der Waals surface area contributed by atoms with Crippen LogP contribution in [0.3, 0.4) is 0 Å². The van der Waals surface area contributed by atoms with E-state index in [2.05, 4.69) is 37.0 Å². The number of aromatic nitrogens is 5. The lowest BCUT2D eigenvalue weighted by Crippen LogP contribution is -2.47. The highest BCUT2D eigenvalue weighted by molar-refractivity contribution is 6.30. The van der Waals surface area contributed by atoms with Crippen molar-refractivity contribution in [2.75, 3.05) is 20.2 Å². The van der Waals surface area contributed by atoms with E-state index in [1.807, 2.05) is 24.7 Å². The molecule has 222 valence electrons. The topological polar surface area (TPSA) is 135 Å². The average molecular weight is 602 g/mol. The summed E-state index contributed by atoms with van der Waals surface area (Å²) >= 11 is 5.96. The van der Waals surface area contributed by atoms with Crippen molar-refractivity contribution in [3.63, 3.8) is 0 Å². The Morgan fingerprint density at radius 3 is 2.79 bits per heavy atom. The van der Waals surface area contributed by atoms with Crippen LogP contribution < -0.4 is 4.74 Å². The molecule has 0 unspecified atom stereocenters. The lowest BCUT2D eigenvalue weighted by molar-refractivity contribution is 0.0845. The highest BCUT2D eigenvalue weighted by Crippen LogP contribution is 2.27. The Bertz CT molecular complexity index is 1750. The van der Waals surface area contributed by atoms with Crippen molar-refractivity contribution < 1.29 is 19.1 Å². The molecule has 4 heterocycles. The van der Waals surface area contributed by atoms with Crippen molar-refractivity contribution in [2.24, 2.45) is 5.92 Å². The fourth-order valence-corrected chi connectivity index (χ4v) is 5.44. The number of oxazole rings is 1. The molecule has 1 fully saturated rings. The Morgan fingerprint density at radius 1 is 1.19 bits per heavy atom. The number of nitriles is 1. The Kier molecular flexibility index (Phi) is 9.51. The molecule has 2 aromatic carbocycles. The maximum atomic E-state index is 11.5. The minimum absolute atomic E-state index is 0.131. The van der Waals surface area contributed by atoms with E-state index in [0.717, 1.165) is 67.8 Å². The number of aliphatic hydroxyl groups excluding tert-OH is 1. The number of likely N-dealkylation sites (tertiary alicyclic amines) is 1. The van der Waals surface area contributed by atoms with E-state index in [1.54, 1.807) is 30.5 Å². The Balaban J connectivity index is 0.00000180. The average Bonchev–Trinajstić information content (AvgIpc) is 3.75. The Labute approximate surface area is 253 Å². The summed E-state index contributed by atoms with van der Waals surface area (Å²) in [5.74, 6) is 3.12. The molecule has 3 aromatic heterocycles. The van der Waals surface area contributed by atoms with E-state index in [9.17, 15) is 10.1 Å². The third-order valence-corrected chi connectivity index (χ3v) is 7.58. The zero-order valence-electron chi connectivity index (χ0n) is 24.0. The number of ether oxygens (including phenoxy) is 1. The highest BCUT2D eigenvalue weighted by atomic mass is 35.5. The number of imidazole rings is 2. The minimum atomic E-state index is 0.131. The summed E-state index contributed by atoms with van der Waals surface area (Å²) in [5.41, 5.74) is 3.92. The van der Waals surface area contributed by atoms with E-state index < -0.39 is 0 Å². The number of carbonyl (C=O) groups excluding carboxylic acids is 1. The minimum Gasteiger partial charge on any atom is -0.482 e. The summed E-state index contributed by atoms with van der Waals surface area (Å²) in [4.78, 5) is 27.4. The second-order valence-electron chi connectivity index (χ2n) is 10.2. The van der Waals surface area contributed by atoms with Crippen LogP contribution in [0.2, 0.25) is 5.02 Å². The van der Waals surface area contributed by atoms with Crippen LogP contribution in [0.1, 0.15) is 46.0 Å². The smallest absolute Gasteiger partial charge is 0.232 e. The van der Waals surface area contributed by atoms with E-state index in [-0.39, 0.29) is 6.61 Å². The van der Waals surface area contributed by atoms with Crippen molar-refractivity contribution in [1.82, 2.24) is 29.0 Å². The van der Waals surface area contributed by atoms with Gasteiger partial charge in [-0.1, -0.05) is 11.6 Å². The molecule has 12 heteroatoms. The van der Waals surface area contributed by atoms with Crippen molar-refractivity contribution in [1.29, 1.82) is 5.26 Å². The van der Waals surface area contributed by atoms with Gasteiger partial charge in [-0.15, -0.1) is 0 Å². The van der Waals surface area contributed by atoms with Crippen LogP contribution in [0.4, 0.5) is 0 Å². The van der Waals surface area contributed by atoms with Gasteiger partial charge in [0, 0.05) is 49.9 Å². The Morgan fingerprint density at radius 2 is 2.02 bits per heavy atom.